The van der Waals surface area contributed by atoms with Gasteiger partial charge in [0.1, 0.15) is 0 Å². The van der Waals surface area contributed by atoms with E-state index in [9.17, 15) is 14.4 Å². The molecular weight excluding hydrogens is 358 g/mol. The molecule has 3 rings (SSSR count). The van der Waals surface area contributed by atoms with Gasteiger partial charge in [0.2, 0.25) is 0 Å². The monoisotopic (exact) mass is 387 g/mol. The molecular formula is C20H29N5O3. The summed E-state index contributed by atoms with van der Waals surface area (Å²) in [6.07, 6.45) is 1.59. The molecule has 0 atom stereocenters. The van der Waals surface area contributed by atoms with Crippen LogP contribution in [0, 0.1) is 0 Å². The Bertz CT molecular complexity index is 941. The number of hydrogen-bond acceptors (Lipinski definition) is 5. The number of rotatable bonds is 7. The third-order valence-electron chi connectivity index (χ3n) is 5.22. The topological polar surface area (TPSA) is 90.4 Å². The van der Waals surface area contributed by atoms with Crippen LogP contribution in [0.2, 0.25) is 0 Å². The molecule has 8 heteroatoms. The molecule has 0 radical (unpaired) electrons. The first-order valence-electron chi connectivity index (χ1n) is 9.95. The predicted molar refractivity (Wildman–Crippen MR) is 110 cm³/mol. The van der Waals surface area contributed by atoms with Crippen molar-refractivity contribution in [1.29, 1.82) is 0 Å². The summed E-state index contributed by atoms with van der Waals surface area (Å²) in [7, 11) is 2.13. The Morgan fingerprint density at radius 1 is 1.14 bits per heavy atom. The molecule has 8 nitrogen and oxygen atoms in total. The summed E-state index contributed by atoms with van der Waals surface area (Å²) in [4.78, 5) is 44.4. The van der Waals surface area contributed by atoms with Gasteiger partial charge in [-0.2, -0.15) is 0 Å². The highest BCUT2D eigenvalue weighted by atomic mass is 16.2. The summed E-state index contributed by atoms with van der Waals surface area (Å²) >= 11 is 0. The molecule has 0 bridgehead atoms. The minimum absolute atomic E-state index is 0.195. The van der Waals surface area contributed by atoms with Gasteiger partial charge in [0.15, 0.2) is 0 Å². The number of likely N-dealkylation sites (N-methyl/N-ethyl adjacent to an activating group) is 1. The van der Waals surface area contributed by atoms with Gasteiger partial charge in [-0.05, 0) is 44.6 Å². The lowest BCUT2D eigenvalue weighted by molar-refractivity contribution is 0.0949. The van der Waals surface area contributed by atoms with Crippen LogP contribution in [0.1, 0.15) is 30.1 Å². The molecule has 1 aliphatic rings. The number of nitrogens with one attached hydrogen (secondary N) is 2. The van der Waals surface area contributed by atoms with Gasteiger partial charge < -0.3 is 20.1 Å². The maximum Gasteiger partial charge on any atom is 0.328 e. The number of nitrogens with zero attached hydrogens (tertiary/aromatic N) is 3. The fourth-order valence-corrected chi connectivity index (χ4v) is 3.50. The second-order valence-corrected chi connectivity index (χ2v) is 7.40. The molecule has 1 amide bonds. The molecule has 1 saturated heterocycles. The molecule has 0 saturated carbocycles. The highest BCUT2D eigenvalue weighted by Gasteiger charge is 2.14. The van der Waals surface area contributed by atoms with E-state index in [4.69, 9.17) is 0 Å². The molecule has 1 aliphatic heterocycles. The quantitative estimate of drug-likeness (QED) is 0.674. The van der Waals surface area contributed by atoms with Gasteiger partial charge in [-0.1, -0.05) is 6.92 Å². The van der Waals surface area contributed by atoms with Gasteiger partial charge in [0.05, 0.1) is 10.9 Å². The van der Waals surface area contributed by atoms with Gasteiger partial charge >= 0.3 is 5.69 Å². The summed E-state index contributed by atoms with van der Waals surface area (Å²) in [5, 5.41) is 3.34. The number of piperazine rings is 1. The predicted octanol–water partition coefficient (Wildman–Crippen LogP) is 0.467. The number of carbonyl (C=O) groups is 1. The average molecular weight is 387 g/mol. The Kier molecular flexibility index (Phi) is 6.64. The third kappa shape index (κ3) is 4.69. The maximum atomic E-state index is 12.4. The van der Waals surface area contributed by atoms with Crippen LogP contribution < -0.4 is 16.6 Å². The first-order chi connectivity index (χ1) is 13.5. The number of fused-ring (bicyclic) bond motifs is 1. The zero-order valence-corrected chi connectivity index (χ0v) is 16.7. The van der Waals surface area contributed by atoms with Gasteiger partial charge in [0.25, 0.3) is 11.5 Å². The summed E-state index contributed by atoms with van der Waals surface area (Å²) in [6, 6.07) is 4.82. The van der Waals surface area contributed by atoms with Crippen molar-refractivity contribution in [3.05, 3.63) is 44.6 Å². The minimum Gasteiger partial charge on any atom is -0.352 e. The highest BCUT2D eigenvalue weighted by Crippen LogP contribution is 2.09. The maximum absolute atomic E-state index is 12.4. The van der Waals surface area contributed by atoms with E-state index in [1.54, 1.807) is 18.2 Å². The third-order valence-corrected chi connectivity index (χ3v) is 5.22. The van der Waals surface area contributed by atoms with E-state index in [1.165, 1.54) is 4.57 Å². The summed E-state index contributed by atoms with van der Waals surface area (Å²) in [5.41, 5.74) is 0.0756. The zero-order chi connectivity index (χ0) is 20.1. The number of benzene rings is 1. The highest BCUT2D eigenvalue weighted by molar-refractivity contribution is 5.97. The van der Waals surface area contributed by atoms with Crippen LogP contribution in [-0.4, -0.2) is 71.6 Å². The van der Waals surface area contributed by atoms with Crippen molar-refractivity contribution in [1.82, 2.24) is 24.7 Å². The van der Waals surface area contributed by atoms with Crippen LogP contribution in [-0.2, 0) is 6.54 Å². The van der Waals surface area contributed by atoms with Crippen molar-refractivity contribution in [3.63, 3.8) is 0 Å². The molecule has 28 heavy (non-hydrogen) atoms. The van der Waals surface area contributed by atoms with E-state index in [-0.39, 0.29) is 11.5 Å². The van der Waals surface area contributed by atoms with Crippen LogP contribution in [0.4, 0.5) is 0 Å². The standard InChI is InChI=1S/C20H29N5O3/c1-3-8-25-19(27)16-6-5-15(14-17(16)22-20(25)28)18(26)21-7-4-9-24-12-10-23(2)11-13-24/h5-6,14H,3-4,7-13H2,1-2H3,(H,21,26)(H,22,28). The van der Waals surface area contributed by atoms with Crippen molar-refractivity contribution < 1.29 is 4.79 Å². The molecule has 0 aliphatic carbocycles. The van der Waals surface area contributed by atoms with Crippen LogP contribution in [0.25, 0.3) is 10.9 Å². The SMILES string of the molecule is CCCn1c(=O)[nH]c2cc(C(=O)NCCCN3CCN(C)CC3)ccc2c1=O. The van der Waals surface area contributed by atoms with Gasteiger partial charge in [0, 0.05) is 44.8 Å². The van der Waals surface area contributed by atoms with E-state index < -0.39 is 5.69 Å². The van der Waals surface area contributed by atoms with Crippen LogP contribution in [0.3, 0.4) is 0 Å². The fourth-order valence-electron chi connectivity index (χ4n) is 3.50. The first-order valence-corrected chi connectivity index (χ1v) is 9.95. The number of aromatic nitrogens is 2. The van der Waals surface area contributed by atoms with Gasteiger partial charge in [-0.15, -0.1) is 0 Å². The molecule has 2 N–H and O–H groups in total. The molecule has 1 aromatic carbocycles. The molecule has 1 fully saturated rings. The van der Waals surface area contributed by atoms with Crippen LogP contribution in [0.5, 0.6) is 0 Å². The Morgan fingerprint density at radius 3 is 2.61 bits per heavy atom. The van der Waals surface area contributed by atoms with E-state index in [2.05, 4.69) is 27.1 Å². The Hall–Kier alpha value is -2.45. The minimum atomic E-state index is -0.441. The Morgan fingerprint density at radius 2 is 1.89 bits per heavy atom. The normalized spacial score (nSPS) is 15.8. The van der Waals surface area contributed by atoms with Crippen molar-refractivity contribution in [2.24, 2.45) is 0 Å². The van der Waals surface area contributed by atoms with Crippen LogP contribution >= 0.6 is 0 Å². The number of aromatic amines is 1. The van der Waals surface area contributed by atoms with E-state index in [0.29, 0.717) is 36.0 Å². The van der Waals surface area contributed by atoms with Crippen molar-refractivity contribution in [2.45, 2.75) is 26.3 Å². The second kappa shape index (κ2) is 9.16. The lowest BCUT2D eigenvalue weighted by Gasteiger charge is -2.32. The molecule has 2 aromatic rings. The van der Waals surface area contributed by atoms with E-state index >= 15 is 0 Å². The summed E-state index contributed by atoms with van der Waals surface area (Å²) < 4.78 is 1.19. The smallest absolute Gasteiger partial charge is 0.328 e. The van der Waals surface area contributed by atoms with Crippen molar-refractivity contribution in [3.8, 4) is 0 Å². The first kappa shape index (κ1) is 20.3. The van der Waals surface area contributed by atoms with Crippen LogP contribution in [0.15, 0.2) is 27.8 Å². The Labute approximate surface area is 164 Å². The van der Waals surface area contributed by atoms with E-state index in [0.717, 1.165) is 39.1 Å². The largest absolute Gasteiger partial charge is 0.352 e. The molecule has 152 valence electrons. The molecule has 1 aromatic heterocycles. The number of H-pyrrole nitrogens is 1. The van der Waals surface area contributed by atoms with Gasteiger partial charge in [-0.25, -0.2) is 4.79 Å². The zero-order valence-electron chi connectivity index (χ0n) is 16.7. The van der Waals surface area contributed by atoms with Gasteiger partial charge in [-0.3, -0.25) is 14.2 Å². The second-order valence-electron chi connectivity index (χ2n) is 7.40. The number of carbonyl (C=O) groups excluding carboxylic acids is 1. The summed E-state index contributed by atoms with van der Waals surface area (Å²) in [6.45, 7) is 8.15. The average Bonchev–Trinajstić information content (AvgIpc) is 2.69. The Balaban J connectivity index is 1.60. The molecule has 0 unspecified atom stereocenters. The lowest BCUT2D eigenvalue weighted by atomic mass is 10.1. The fraction of sp³-hybridized carbons (Fsp3) is 0.550. The number of hydrogen-bond donors (Lipinski definition) is 2. The number of amides is 1. The van der Waals surface area contributed by atoms with E-state index in [1.807, 2.05) is 6.92 Å². The van der Waals surface area contributed by atoms with Crippen molar-refractivity contribution in [2.75, 3.05) is 46.3 Å². The summed E-state index contributed by atoms with van der Waals surface area (Å²) in [5.74, 6) is -0.195. The molecule has 0 spiro atoms. The lowest BCUT2D eigenvalue weighted by Crippen LogP contribution is -2.45. The molecule has 2 heterocycles. The van der Waals surface area contributed by atoms with Crippen molar-refractivity contribution >= 4 is 16.8 Å².